The third kappa shape index (κ3) is 3.04. The normalized spacial score (nSPS) is 14.3. The quantitative estimate of drug-likeness (QED) is 0.861. The Labute approximate surface area is 139 Å². The minimum absolute atomic E-state index is 0.0323. The summed E-state index contributed by atoms with van der Waals surface area (Å²) in [4.78, 5) is 25.2. The first kappa shape index (κ1) is 15.8. The van der Waals surface area contributed by atoms with Crippen LogP contribution >= 0.6 is 11.8 Å². The molecule has 1 atom stereocenters. The number of fused-ring (bicyclic) bond motifs is 1. The van der Waals surface area contributed by atoms with Crippen LogP contribution in [0.2, 0.25) is 0 Å². The summed E-state index contributed by atoms with van der Waals surface area (Å²) >= 11 is 1.68. The van der Waals surface area contributed by atoms with Gasteiger partial charge in [0.25, 0.3) is 0 Å². The van der Waals surface area contributed by atoms with E-state index in [9.17, 15) is 14.7 Å². The minimum atomic E-state index is -0.871. The zero-order valence-electron chi connectivity index (χ0n) is 13.1. The second kappa shape index (κ2) is 6.20. The number of benzene rings is 2. The average Bonchev–Trinajstić information content (AvgIpc) is 3.01. The summed E-state index contributed by atoms with van der Waals surface area (Å²) in [5.74, 6) is -0.580. The van der Waals surface area contributed by atoms with Crippen LogP contribution in [-0.2, 0) is 11.2 Å². The Morgan fingerprint density at radius 2 is 1.87 bits per heavy atom. The van der Waals surface area contributed by atoms with Crippen molar-refractivity contribution in [1.29, 1.82) is 0 Å². The van der Waals surface area contributed by atoms with E-state index in [1.165, 1.54) is 0 Å². The SMILES string of the molecule is Cc1ccc(C(=O)c2cc(C(C)C(=O)O)cc3c2SCC3)cc1. The lowest BCUT2D eigenvalue weighted by Crippen LogP contribution is -2.11. The monoisotopic (exact) mass is 326 g/mol. The number of carboxylic acid groups (broad SMARTS) is 1. The van der Waals surface area contributed by atoms with Crippen LogP contribution in [0.25, 0.3) is 0 Å². The molecule has 3 rings (SSSR count). The van der Waals surface area contributed by atoms with Gasteiger partial charge < -0.3 is 5.11 Å². The molecule has 1 aliphatic heterocycles. The molecule has 23 heavy (non-hydrogen) atoms. The summed E-state index contributed by atoms with van der Waals surface area (Å²) in [5.41, 5.74) is 4.18. The lowest BCUT2D eigenvalue weighted by atomic mass is 9.92. The molecule has 0 radical (unpaired) electrons. The van der Waals surface area contributed by atoms with Gasteiger partial charge in [0.05, 0.1) is 5.92 Å². The number of carbonyl (C=O) groups is 2. The second-order valence-electron chi connectivity index (χ2n) is 5.91. The van der Waals surface area contributed by atoms with Gasteiger partial charge in [-0.05, 0) is 37.5 Å². The Balaban J connectivity index is 2.09. The fourth-order valence-electron chi connectivity index (χ4n) is 2.75. The number of hydrogen-bond acceptors (Lipinski definition) is 3. The van der Waals surface area contributed by atoms with Gasteiger partial charge in [0, 0.05) is 21.8 Å². The molecule has 0 amide bonds. The van der Waals surface area contributed by atoms with E-state index in [0.717, 1.165) is 28.2 Å². The summed E-state index contributed by atoms with van der Waals surface area (Å²) in [6, 6.07) is 11.2. The van der Waals surface area contributed by atoms with Crippen LogP contribution in [0.15, 0.2) is 41.3 Å². The van der Waals surface area contributed by atoms with Crippen molar-refractivity contribution in [2.45, 2.75) is 31.1 Å². The highest BCUT2D eigenvalue weighted by atomic mass is 32.2. The molecular formula is C19H18O3S. The number of hydrogen-bond donors (Lipinski definition) is 1. The van der Waals surface area contributed by atoms with Crippen molar-refractivity contribution >= 4 is 23.5 Å². The van der Waals surface area contributed by atoms with E-state index in [1.807, 2.05) is 37.3 Å². The summed E-state index contributed by atoms with van der Waals surface area (Å²) in [7, 11) is 0. The smallest absolute Gasteiger partial charge is 0.310 e. The standard InChI is InChI=1S/C19H18O3S/c1-11-3-5-13(6-4-11)17(20)16-10-15(12(2)19(21)22)9-14-7-8-23-18(14)16/h3-6,9-10,12H,7-8H2,1-2H3,(H,21,22). The molecule has 1 aliphatic rings. The van der Waals surface area contributed by atoms with E-state index in [0.29, 0.717) is 16.7 Å². The minimum Gasteiger partial charge on any atom is -0.481 e. The average molecular weight is 326 g/mol. The van der Waals surface area contributed by atoms with Gasteiger partial charge in [0.2, 0.25) is 0 Å². The van der Waals surface area contributed by atoms with Gasteiger partial charge in [-0.3, -0.25) is 9.59 Å². The van der Waals surface area contributed by atoms with Crippen LogP contribution in [0.5, 0.6) is 0 Å². The van der Waals surface area contributed by atoms with Crippen LogP contribution in [0.3, 0.4) is 0 Å². The lowest BCUT2D eigenvalue weighted by molar-refractivity contribution is -0.138. The highest BCUT2D eigenvalue weighted by Crippen LogP contribution is 2.37. The summed E-state index contributed by atoms with van der Waals surface area (Å²) in [6.07, 6.45) is 0.883. The van der Waals surface area contributed by atoms with E-state index >= 15 is 0 Å². The van der Waals surface area contributed by atoms with Crippen molar-refractivity contribution in [3.05, 3.63) is 64.2 Å². The molecule has 0 fully saturated rings. The molecule has 2 aromatic carbocycles. The largest absolute Gasteiger partial charge is 0.481 e. The molecule has 4 heteroatoms. The van der Waals surface area contributed by atoms with Crippen LogP contribution in [0, 0.1) is 6.92 Å². The lowest BCUT2D eigenvalue weighted by Gasteiger charge is -2.13. The molecule has 0 saturated carbocycles. The Kier molecular flexibility index (Phi) is 4.26. The fraction of sp³-hybridized carbons (Fsp3) is 0.263. The van der Waals surface area contributed by atoms with Crippen LogP contribution < -0.4 is 0 Å². The molecular weight excluding hydrogens is 308 g/mol. The Morgan fingerprint density at radius 1 is 1.17 bits per heavy atom. The van der Waals surface area contributed by atoms with Crippen molar-refractivity contribution < 1.29 is 14.7 Å². The van der Waals surface area contributed by atoms with Crippen LogP contribution in [0.1, 0.15) is 45.5 Å². The number of aryl methyl sites for hydroxylation is 2. The molecule has 118 valence electrons. The maximum Gasteiger partial charge on any atom is 0.310 e. The maximum absolute atomic E-state index is 12.9. The first-order chi connectivity index (χ1) is 11.0. The van der Waals surface area contributed by atoms with Crippen molar-refractivity contribution in [1.82, 2.24) is 0 Å². The van der Waals surface area contributed by atoms with Crippen molar-refractivity contribution in [2.75, 3.05) is 5.75 Å². The zero-order chi connectivity index (χ0) is 16.6. The topological polar surface area (TPSA) is 54.4 Å². The number of aliphatic carboxylic acids is 1. The molecule has 1 unspecified atom stereocenters. The molecule has 0 aliphatic carbocycles. The molecule has 0 saturated heterocycles. The Bertz CT molecular complexity index is 778. The van der Waals surface area contributed by atoms with Crippen molar-refractivity contribution in [3.8, 4) is 0 Å². The van der Waals surface area contributed by atoms with Gasteiger partial charge in [-0.25, -0.2) is 0 Å². The predicted molar refractivity (Wildman–Crippen MR) is 91.5 cm³/mol. The first-order valence-electron chi connectivity index (χ1n) is 7.61. The number of rotatable bonds is 4. The predicted octanol–water partition coefficient (Wildman–Crippen LogP) is 4.06. The summed E-state index contributed by atoms with van der Waals surface area (Å²) in [6.45, 7) is 3.64. The van der Waals surface area contributed by atoms with E-state index < -0.39 is 11.9 Å². The summed E-state index contributed by atoms with van der Waals surface area (Å²) in [5, 5.41) is 9.27. The van der Waals surface area contributed by atoms with E-state index in [2.05, 4.69) is 0 Å². The van der Waals surface area contributed by atoms with E-state index in [4.69, 9.17) is 0 Å². The van der Waals surface area contributed by atoms with Gasteiger partial charge in [0.1, 0.15) is 0 Å². The highest BCUT2D eigenvalue weighted by molar-refractivity contribution is 7.99. The molecule has 0 spiro atoms. The molecule has 3 nitrogen and oxygen atoms in total. The number of carbonyl (C=O) groups excluding carboxylic acids is 1. The van der Waals surface area contributed by atoms with Gasteiger partial charge in [-0.1, -0.05) is 35.9 Å². The molecule has 0 bridgehead atoms. The molecule has 1 N–H and O–H groups in total. The zero-order valence-corrected chi connectivity index (χ0v) is 13.9. The molecule has 0 aromatic heterocycles. The third-order valence-corrected chi connectivity index (χ3v) is 5.41. The number of thioether (sulfide) groups is 1. The molecule has 1 heterocycles. The van der Waals surface area contributed by atoms with Crippen molar-refractivity contribution in [3.63, 3.8) is 0 Å². The Hall–Kier alpha value is -2.07. The van der Waals surface area contributed by atoms with Gasteiger partial charge in [0.15, 0.2) is 5.78 Å². The number of ketones is 1. The van der Waals surface area contributed by atoms with Gasteiger partial charge >= 0.3 is 5.97 Å². The van der Waals surface area contributed by atoms with E-state index in [1.54, 1.807) is 24.8 Å². The van der Waals surface area contributed by atoms with Crippen LogP contribution in [0.4, 0.5) is 0 Å². The van der Waals surface area contributed by atoms with Gasteiger partial charge in [-0.2, -0.15) is 0 Å². The third-order valence-electron chi connectivity index (χ3n) is 4.23. The van der Waals surface area contributed by atoms with Crippen LogP contribution in [-0.4, -0.2) is 22.6 Å². The molecule has 2 aromatic rings. The Morgan fingerprint density at radius 3 is 2.52 bits per heavy atom. The van der Waals surface area contributed by atoms with Gasteiger partial charge in [-0.15, -0.1) is 11.8 Å². The number of carboxylic acids is 1. The first-order valence-corrected chi connectivity index (χ1v) is 8.59. The fourth-order valence-corrected chi connectivity index (χ4v) is 3.93. The van der Waals surface area contributed by atoms with Crippen molar-refractivity contribution in [2.24, 2.45) is 0 Å². The summed E-state index contributed by atoms with van der Waals surface area (Å²) < 4.78 is 0. The highest BCUT2D eigenvalue weighted by Gasteiger charge is 2.25. The maximum atomic E-state index is 12.9. The van der Waals surface area contributed by atoms with E-state index in [-0.39, 0.29) is 5.78 Å². The second-order valence-corrected chi connectivity index (χ2v) is 7.02.